The van der Waals surface area contributed by atoms with Crippen molar-refractivity contribution >= 4 is 42.6 Å². The van der Waals surface area contributed by atoms with Gasteiger partial charge in [-0.3, -0.25) is 0 Å². The fourth-order valence-corrected chi connectivity index (χ4v) is 5.37. The summed E-state index contributed by atoms with van der Waals surface area (Å²) in [7, 11) is -3.76. The summed E-state index contributed by atoms with van der Waals surface area (Å²) >= 11 is 3.35. The Hall–Kier alpha value is -2.12. The molecule has 3 rings (SSSR count). The number of halogens is 1. The van der Waals surface area contributed by atoms with Gasteiger partial charge >= 0.3 is 0 Å². The second kappa shape index (κ2) is 9.35. The average Bonchev–Trinajstić information content (AvgIpc) is 2.98. The lowest BCUT2D eigenvalue weighted by atomic mass is 10.0. The molecule has 3 aromatic rings. The Morgan fingerprint density at radius 1 is 1.10 bits per heavy atom. The summed E-state index contributed by atoms with van der Waals surface area (Å²) < 4.78 is 34.2. The first kappa shape index (κ1) is 22.6. The molecular weight excluding hydrogens is 466 g/mol. The number of hydrogen-bond donors (Lipinski definition) is 0. The third-order valence-corrected chi connectivity index (χ3v) is 7.26. The Labute approximate surface area is 186 Å². The molecule has 0 fully saturated rings. The Kier molecular flexibility index (Phi) is 7.03. The second-order valence-corrected chi connectivity index (χ2v) is 10.00. The average molecular weight is 492 g/mol. The number of carbonyl (C=O) groups excluding carboxylic acids is 1. The fraction of sp³-hybridized carbons (Fsp3) is 0.348. The van der Waals surface area contributed by atoms with Crippen LogP contribution in [-0.4, -0.2) is 30.1 Å². The molecule has 7 heteroatoms. The van der Waals surface area contributed by atoms with Gasteiger partial charge in [-0.1, -0.05) is 33.6 Å². The quantitative estimate of drug-likeness (QED) is 0.386. The van der Waals surface area contributed by atoms with E-state index in [4.69, 9.17) is 4.74 Å². The minimum atomic E-state index is -3.76. The van der Waals surface area contributed by atoms with Gasteiger partial charge in [-0.05, 0) is 69.5 Å². The van der Waals surface area contributed by atoms with E-state index < -0.39 is 10.0 Å². The molecule has 5 nitrogen and oxygen atoms in total. The normalized spacial score (nSPS) is 11.7. The van der Waals surface area contributed by atoms with E-state index in [-0.39, 0.29) is 10.7 Å². The molecule has 0 spiro atoms. The molecule has 2 aromatic carbocycles. The van der Waals surface area contributed by atoms with Crippen LogP contribution in [0.1, 0.15) is 36.6 Å². The second-order valence-electron chi connectivity index (χ2n) is 7.42. The molecule has 160 valence electrons. The van der Waals surface area contributed by atoms with Crippen LogP contribution in [-0.2, 0) is 21.2 Å². The molecule has 30 heavy (non-hydrogen) atoms. The molecular formula is C23H26BrNO4S. The van der Waals surface area contributed by atoms with Crippen LogP contribution in [0.25, 0.3) is 10.9 Å². The first-order valence-corrected chi connectivity index (χ1v) is 12.5. The number of ketones is 1. The topological polar surface area (TPSA) is 65.4 Å². The van der Waals surface area contributed by atoms with Crippen LogP contribution in [0.5, 0.6) is 5.75 Å². The van der Waals surface area contributed by atoms with E-state index in [9.17, 15) is 13.2 Å². The first-order chi connectivity index (χ1) is 14.3. The zero-order valence-electron chi connectivity index (χ0n) is 17.4. The number of benzene rings is 2. The van der Waals surface area contributed by atoms with Crippen molar-refractivity contribution in [3.8, 4) is 5.75 Å². The summed E-state index contributed by atoms with van der Waals surface area (Å²) in [5.41, 5.74) is 3.23. The molecule has 1 aromatic heterocycles. The molecule has 0 radical (unpaired) electrons. The van der Waals surface area contributed by atoms with Crippen LogP contribution in [0.15, 0.2) is 47.4 Å². The molecule has 0 unspecified atom stereocenters. The minimum absolute atomic E-state index is 0.130. The van der Waals surface area contributed by atoms with Crippen molar-refractivity contribution in [2.24, 2.45) is 0 Å². The fourth-order valence-electron chi connectivity index (χ4n) is 3.63. The molecule has 0 aliphatic carbocycles. The standard InChI is InChI=1S/C23H26BrNO4S/c1-16-7-10-20(11-8-16)30(27,28)25-18(3)21(6-4-5-17(2)26)22-15-19(29-14-13-24)9-12-23(22)25/h7-12,15H,4-6,13-14H2,1-3H3. The maximum Gasteiger partial charge on any atom is 0.268 e. The number of aromatic nitrogens is 1. The van der Waals surface area contributed by atoms with E-state index in [1.54, 1.807) is 43.3 Å². The number of Topliss-reactive ketones (excluding diaryl/α,β-unsaturated/α-hetero) is 1. The molecule has 0 N–H and O–H groups in total. The highest BCUT2D eigenvalue weighted by atomic mass is 79.9. The predicted molar refractivity (Wildman–Crippen MR) is 123 cm³/mol. The summed E-state index contributed by atoms with van der Waals surface area (Å²) in [6.45, 7) is 5.85. The summed E-state index contributed by atoms with van der Waals surface area (Å²) in [6.07, 6.45) is 1.77. The van der Waals surface area contributed by atoms with Crippen molar-refractivity contribution in [2.75, 3.05) is 11.9 Å². The maximum absolute atomic E-state index is 13.5. The Bertz CT molecular complexity index is 1160. The number of hydrogen-bond acceptors (Lipinski definition) is 4. The van der Waals surface area contributed by atoms with Crippen LogP contribution < -0.4 is 4.74 Å². The monoisotopic (exact) mass is 491 g/mol. The highest BCUT2D eigenvalue weighted by Gasteiger charge is 2.25. The van der Waals surface area contributed by atoms with Crippen molar-refractivity contribution in [3.63, 3.8) is 0 Å². The SMILES string of the molecule is CC(=O)CCCc1c(C)n(S(=O)(=O)c2ccc(C)cc2)c2ccc(OCCBr)cc12. The van der Waals surface area contributed by atoms with Gasteiger partial charge in [0.05, 0.1) is 17.0 Å². The summed E-state index contributed by atoms with van der Waals surface area (Å²) in [6, 6.07) is 12.4. The highest BCUT2D eigenvalue weighted by Crippen LogP contribution is 2.33. The maximum atomic E-state index is 13.5. The van der Waals surface area contributed by atoms with E-state index >= 15 is 0 Å². The van der Waals surface area contributed by atoms with Gasteiger partial charge in [-0.15, -0.1) is 0 Å². The van der Waals surface area contributed by atoms with E-state index in [2.05, 4.69) is 15.9 Å². The molecule has 0 saturated heterocycles. The van der Waals surface area contributed by atoms with E-state index in [1.165, 1.54) is 3.97 Å². The molecule has 0 atom stereocenters. The van der Waals surface area contributed by atoms with Gasteiger partial charge in [0.15, 0.2) is 0 Å². The third-order valence-electron chi connectivity index (χ3n) is 5.11. The largest absolute Gasteiger partial charge is 0.493 e. The van der Waals surface area contributed by atoms with Gasteiger partial charge in [-0.2, -0.15) is 0 Å². The molecule has 0 aliphatic rings. The Morgan fingerprint density at radius 2 is 1.80 bits per heavy atom. The van der Waals surface area contributed by atoms with Gasteiger partial charge in [0.1, 0.15) is 11.5 Å². The number of ether oxygens (including phenoxy) is 1. The van der Waals surface area contributed by atoms with E-state index in [1.807, 2.05) is 19.9 Å². The van der Waals surface area contributed by atoms with Crippen LogP contribution in [0.4, 0.5) is 0 Å². The number of nitrogens with zero attached hydrogens (tertiary/aromatic N) is 1. The van der Waals surface area contributed by atoms with Crippen molar-refractivity contribution in [1.29, 1.82) is 0 Å². The molecule has 0 saturated carbocycles. The predicted octanol–water partition coefficient (Wildman–Crippen LogP) is 5.18. The number of carbonyl (C=O) groups is 1. The lowest BCUT2D eigenvalue weighted by molar-refractivity contribution is -0.117. The van der Waals surface area contributed by atoms with E-state index in [0.29, 0.717) is 48.2 Å². The van der Waals surface area contributed by atoms with E-state index in [0.717, 1.165) is 16.5 Å². The number of fused-ring (bicyclic) bond motifs is 1. The van der Waals surface area contributed by atoms with Gasteiger partial charge in [0, 0.05) is 22.8 Å². The molecule has 0 bridgehead atoms. The smallest absolute Gasteiger partial charge is 0.268 e. The number of rotatable bonds is 9. The number of aryl methyl sites for hydroxylation is 2. The minimum Gasteiger partial charge on any atom is -0.493 e. The zero-order chi connectivity index (χ0) is 21.9. The van der Waals surface area contributed by atoms with Gasteiger partial charge in [-0.25, -0.2) is 12.4 Å². The van der Waals surface area contributed by atoms with Crippen molar-refractivity contribution in [2.45, 2.75) is 44.9 Å². The Balaban J connectivity index is 2.16. The summed E-state index contributed by atoms with van der Waals surface area (Å²) in [4.78, 5) is 11.7. The molecule has 0 aliphatic heterocycles. The number of alkyl halides is 1. The molecule has 1 heterocycles. The van der Waals surface area contributed by atoms with Crippen LogP contribution in [0.2, 0.25) is 0 Å². The lowest BCUT2D eigenvalue weighted by Crippen LogP contribution is -2.14. The third kappa shape index (κ3) is 4.62. The van der Waals surface area contributed by atoms with Crippen molar-refractivity contribution in [3.05, 3.63) is 59.3 Å². The molecule has 0 amide bonds. The lowest BCUT2D eigenvalue weighted by Gasteiger charge is -2.11. The van der Waals surface area contributed by atoms with Gasteiger partial charge in [0.2, 0.25) is 0 Å². The van der Waals surface area contributed by atoms with Crippen LogP contribution in [0, 0.1) is 13.8 Å². The Morgan fingerprint density at radius 3 is 2.43 bits per heavy atom. The van der Waals surface area contributed by atoms with Crippen LogP contribution in [0.3, 0.4) is 0 Å². The zero-order valence-corrected chi connectivity index (χ0v) is 19.8. The highest BCUT2D eigenvalue weighted by molar-refractivity contribution is 9.09. The summed E-state index contributed by atoms with van der Waals surface area (Å²) in [5.74, 6) is 0.824. The van der Waals surface area contributed by atoms with Crippen molar-refractivity contribution in [1.82, 2.24) is 3.97 Å². The van der Waals surface area contributed by atoms with Gasteiger partial charge in [0.25, 0.3) is 10.0 Å². The first-order valence-electron chi connectivity index (χ1n) is 9.90. The van der Waals surface area contributed by atoms with Crippen molar-refractivity contribution < 1.29 is 17.9 Å². The summed E-state index contributed by atoms with van der Waals surface area (Å²) in [5, 5.41) is 1.55. The van der Waals surface area contributed by atoms with Gasteiger partial charge < -0.3 is 9.53 Å². The van der Waals surface area contributed by atoms with Crippen LogP contribution >= 0.6 is 15.9 Å².